The average Bonchev–Trinajstić information content (AvgIpc) is 2.56. The van der Waals surface area contributed by atoms with Crippen LogP contribution in [0.15, 0.2) is 66.9 Å². The first kappa shape index (κ1) is 13.3. The van der Waals surface area contributed by atoms with E-state index >= 15 is 0 Å². The lowest BCUT2D eigenvalue weighted by atomic mass is 9.79. The Morgan fingerprint density at radius 3 is 2.45 bits per heavy atom. The van der Waals surface area contributed by atoms with E-state index in [0.29, 0.717) is 27.8 Å². The van der Waals surface area contributed by atoms with Crippen LogP contribution in [0, 0.1) is 0 Å². The van der Waals surface area contributed by atoms with Gasteiger partial charge in [-0.25, -0.2) is 4.98 Å². The normalized spacial score (nSPS) is 19.0. The SMILES string of the molecule is OC1(c2ccc(Cl)cc2)c2ccccc2Oc2ncccc21. The van der Waals surface area contributed by atoms with E-state index < -0.39 is 5.60 Å². The standard InChI is InChI=1S/C18H12ClNO2/c19-13-9-7-12(8-10-13)18(21)14-4-1-2-6-16(14)22-17-15(18)5-3-11-20-17/h1-11,21H. The molecular formula is C18H12ClNO2. The fourth-order valence-corrected chi connectivity index (χ4v) is 2.98. The molecule has 1 unspecified atom stereocenters. The molecule has 1 atom stereocenters. The maximum Gasteiger partial charge on any atom is 0.226 e. The van der Waals surface area contributed by atoms with Crippen molar-refractivity contribution in [2.45, 2.75) is 5.60 Å². The Hall–Kier alpha value is -2.36. The quantitative estimate of drug-likeness (QED) is 0.735. The number of aromatic nitrogens is 1. The first-order valence-electron chi connectivity index (χ1n) is 6.91. The second kappa shape index (κ2) is 4.83. The van der Waals surface area contributed by atoms with Crippen LogP contribution in [-0.2, 0) is 5.60 Å². The van der Waals surface area contributed by atoms with Crippen molar-refractivity contribution in [3.05, 3.63) is 88.6 Å². The van der Waals surface area contributed by atoms with Gasteiger partial charge in [0, 0.05) is 16.8 Å². The number of aliphatic hydroxyl groups is 1. The van der Waals surface area contributed by atoms with E-state index in [9.17, 15) is 5.11 Å². The van der Waals surface area contributed by atoms with Gasteiger partial charge in [0.15, 0.2) is 0 Å². The summed E-state index contributed by atoms with van der Waals surface area (Å²) in [6, 6.07) is 18.2. The first-order valence-corrected chi connectivity index (χ1v) is 7.28. The molecule has 0 saturated carbocycles. The van der Waals surface area contributed by atoms with Gasteiger partial charge in [-0.15, -0.1) is 0 Å². The molecule has 1 N–H and O–H groups in total. The molecule has 0 amide bonds. The third kappa shape index (κ3) is 1.83. The predicted octanol–water partition coefficient (Wildman–Crippen LogP) is 4.12. The van der Waals surface area contributed by atoms with Crippen molar-refractivity contribution in [1.29, 1.82) is 0 Å². The summed E-state index contributed by atoms with van der Waals surface area (Å²) in [7, 11) is 0. The number of pyridine rings is 1. The number of ether oxygens (including phenoxy) is 1. The summed E-state index contributed by atoms with van der Waals surface area (Å²) in [5.74, 6) is 1.02. The highest BCUT2D eigenvalue weighted by molar-refractivity contribution is 6.30. The van der Waals surface area contributed by atoms with Crippen LogP contribution >= 0.6 is 11.6 Å². The van der Waals surface area contributed by atoms with Gasteiger partial charge in [0.05, 0.1) is 5.56 Å². The van der Waals surface area contributed by atoms with E-state index in [0.717, 1.165) is 5.56 Å². The zero-order chi connectivity index (χ0) is 15.2. The number of halogens is 1. The molecule has 1 aliphatic heterocycles. The average molecular weight is 310 g/mol. The molecule has 3 aromatic rings. The van der Waals surface area contributed by atoms with Crippen molar-refractivity contribution in [2.24, 2.45) is 0 Å². The van der Waals surface area contributed by atoms with E-state index in [1.54, 1.807) is 24.4 Å². The van der Waals surface area contributed by atoms with Crippen LogP contribution in [0.1, 0.15) is 16.7 Å². The lowest BCUT2D eigenvalue weighted by Gasteiger charge is -2.35. The molecule has 3 nitrogen and oxygen atoms in total. The molecule has 0 bridgehead atoms. The number of hydrogen-bond donors (Lipinski definition) is 1. The Morgan fingerprint density at radius 1 is 0.909 bits per heavy atom. The highest BCUT2D eigenvalue weighted by atomic mass is 35.5. The van der Waals surface area contributed by atoms with Crippen LogP contribution in [0.25, 0.3) is 0 Å². The summed E-state index contributed by atoms with van der Waals surface area (Å²) in [5.41, 5.74) is 0.721. The van der Waals surface area contributed by atoms with Crippen molar-refractivity contribution >= 4 is 11.6 Å². The third-order valence-electron chi connectivity index (χ3n) is 3.91. The molecule has 4 heteroatoms. The minimum absolute atomic E-state index is 0.415. The summed E-state index contributed by atoms with van der Waals surface area (Å²) < 4.78 is 5.82. The maximum atomic E-state index is 11.6. The van der Waals surface area contributed by atoms with Gasteiger partial charge < -0.3 is 9.84 Å². The fraction of sp³-hybridized carbons (Fsp3) is 0.0556. The smallest absolute Gasteiger partial charge is 0.226 e. The van der Waals surface area contributed by atoms with Crippen LogP contribution in [0.4, 0.5) is 0 Å². The molecular weight excluding hydrogens is 298 g/mol. The Bertz CT molecular complexity index is 800. The summed E-state index contributed by atoms with van der Waals surface area (Å²) >= 11 is 5.98. The van der Waals surface area contributed by atoms with Crippen LogP contribution < -0.4 is 4.74 Å². The summed E-state index contributed by atoms with van der Waals surface area (Å²) in [6.07, 6.45) is 1.65. The van der Waals surface area contributed by atoms with Crippen LogP contribution in [0.3, 0.4) is 0 Å². The van der Waals surface area contributed by atoms with Gasteiger partial charge in [-0.3, -0.25) is 0 Å². The van der Waals surface area contributed by atoms with E-state index in [1.807, 2.05) is 42.5 Å². The minimum Gasteiger partial charge on any atom is -0.438 e. The van der Waals surface area contributed by atoms with Gasteiger partial charge in [0.25, 0.3) is 0 Å². The van der Waals surface area contributed by atoms with E-state index in [2.05, 4.69) is 4.98 Å². The van der Waals surface area contributed by atoms with Gasteiger partial charge in [-0.1, -0.05) is 41.9 Å². The Balaban J connectivity index is 2.03. The van der Waals surface area contributed by atoms with Crippen molar-refractivity contribution < 1.29 is 9.84 Å². The lowest BCUT2D eigenvalue weighted by Crippen LogP contribution is -2.32. The molecule has 1 aromatic heterocycles. The summed E-state index contributed by atoms with van der Waals surface area (Å²) in [4.78, 5) is 4.25. The van der Waals surface area contributed by atoms with Crippen molar-refractivity contribution in [2.75, 3.05) is 0 Å². The molecule has 108 valence electrons. The van der Waals surface area contributed by atoms with Crippen LogP contribution in [0.2, 0.25) is 5.02 Å². The Kier molecular flexibility index (Phi) is 2.93. The number of rotatable bonds is 1. The molecule has 4 rings (SSSR count). The Labute approximate surface area is 132 Å². The molecule has 2 aromatic carbocycles. The summed E-state index contributed by atoms with van der Waals surface area (Å²) in [6.45, 7) is 0. The predicted molar refractivity (Wildman–Crippen MR) is 84.3 cm³/mol. The van der Waals surface area contributed by atoms with E-state index in [-0.39, 0.29) is 0 Å². The summed E-state index contributed by atoms with van der Waals surface area (Å²) in [5, 5.41) is 12.2. The number of fused-ring (bicyclic) bond motifs is 2. The molecule has 0 radical (unpaired) electrons. The van der Waals surface area contributed by atoms with Crippen molar-refractivity contribution in [3.8, 4) is 11.6 Å². The molecule has 2 heterocycles. The van der Waals surface area contributed by atoms with E-state index in [4.69, 9.17) is 16.3 Å². The number of benzene rings is 2. The molecule has 0 aliphatic carbocycles. The molecule has 0 spiro atoms. The molecule has 0 fully saturated rings. The molecule has 0 saturated heterocycles. The number of para-hydroxylation sites is 1. The van der Waals surface area contributed by atoms with Gasteiger partial charge in [0.1, 0.15) is 11.4 Å². The van der Waals surface area contributed by atoms with Gasteiger partial charge in [-0.2, -0.15) is 0 Å². The minimum atomic E-state index is -1.32. The van der Waals surface area contributed by atoms with Crippen LogP contribution in [-0.4, -0.2) is 10.1 Å². The van der Waals surface area contributed by atoms with E-state index in [1.165, 1.54) is 0 Å². The van der Waals surface area contributed by atoms with Gasteiger partial charge in [-0.05, 0) is 35.9 Å². The highest BCUT2D eigenvalue weighted by Gasteiger charge is 2.42. The first-order chi connectivity index (χ1) is 10.7. The van der Waals surface area contributed by atoms with Gasteiger partial charge in [0.2, 0.25) is 5.88 Å². The Morgan fingerprint density at radius 2 is 1.64 bits per heavy atom. The topological polar surface area (TPSA) is 42.4 Å². The second-order valence-corrected chi connectivity index (χ2v) is 5.61. The van der Waals surface area contributed by atoms with Gasteiger partial charge >= 0.3 is 0 Å². The fourth-order valence-electron chi connectivity index (χ4n) is 2.85. The second-order valence-electron chi connectivity index (χ2n) is 5.17. The number of nitrogens with zero attached hydrogens (tertiary/aromatic N) is 1. The molecule has 1 aliphatic rings. The zero-order valence-corrected chi connectivity index (χ0v) is 12.3. The van der Waals surface area contributed by atoms with Crippen LogP contribution in [0.5, 0.6) is 11.6 Å². The zero-order valence-electron chi connectivity index (χ0n) is 11.5. The number of hydrogen-bond acceptors (Lipinski definition) is 3. The van der Waals surface area contributed by atoms with Crippen molar-refractivity contribution in [3.63, 3.8) is 0 Å². The monoisotopic (exact) mass is 309 g/mol. The largest absolute Gasteiger partial charge is 0.438 e. The lowest BCUT2D eigenvalue weighted by molar-refractivity contribution is 0.111. The highest BCUT2D eigenvalue weighted by Crippen LogP contribution is 2.49. The third-order valence-corrected chi connectivity index (χ3v) is 4.16. The van der Waals surface area contributed by atoms with Crippen molar-refractivity contribution in [1.82, 2.24) is 4.98 Å². The molecule has 22 heavy (non-hydrogen) atoms. The maximum absolute atomic E-state index is 11.6.